The van der Waals surface area contributed by atoms with E-state index in [9.17, 15) is 9.59 Å². The van der Waals surface area contributed by atoms with Gasteiger partial charge >= 0.3 is 0 Å². The van der Waals surface area contributed by atoms with Gasteiger partial charge < -0.3 is 14.5 Å². The summed E-state index contributed by atoms with van der Waals surface area (Å²) < 4.78 is 11.5. The standard InChI is InChI=1S/C24H20ClNO4/c1-3-10-29-17-7-4-15(5-8-17)24(28)26-16-6-9-18-22(12-16)30-21-11-14(2)20(25)13-19(21)23(18)27/h4-9,11-13H,3,10H2,1-2H3,(H,26,28). The molecule has 0 radical (unpaired) electrons. The lowest BCUT2D eigenvalue weighted by molar-refractivity contribution is 0.102. The van der Waals surface area contributed by atoms with Crippen LogP contribution >= 0.6 is 11.6 Å². The topological polar surface area (TPSA) is 68.5 Å². The number of fused-ring (bicyclic) bond motifs is 2. The van der Waals surface area contributed by atoms with Crippen molar-refractivity contribution in [1.29, 1.82) is 0 Å². The van der Waals surface area contributed by atoms with Crippen molar-refractivity contribution in [2.24, 2.45) is 0 Å². The van der Waals surface area contributed by atoms with Crippen molar-refractivity contribution < 1.29 is 13.9 Å². The molecule has 0 saturated carbocycles. The second-order valence-electron chi connectivity index (χ2n) is 7.07. The summed E-state index contributed by atoms with van der Waals surface area (Å²) in [5, 5.41) is 4.22. The number of hydrogen-bond acceptors (Lipinski definition) is 4. The van der Waals surface area contributed by atoms with Gasteiger partial charge in [0.15, 0.2) is 0 Å². The second-order valence-corrected chi connectivity index (χ2v) is 7.47. The lowest BCUT2D eigenvalue weighted by Crippen LogP contribution is -2.12. The van der Waals surface area contributed by atoms with E-state index in [0.717, 1.165) is 17.7 Å². The van der Waals surface area contributed by atoms with Crippen LogP contribution in [0.3, 0.4) is 0 Å². The van der Waals surface area contributed by atoms with Gasteiger partial charge in [-0.05, 0) is 67.4 Å². The van der Waals surface area contributed by atoms with E-state index in [1.165, 1.54) is 0 Å². The third-order valence-corrected chi connectivity index (χ3v) is 5.21. The molecule has 3 aromatic carbocycles. The second kappa shape index (κ2) is 8.20. The van der Waals surface area contributed by atoms with Gasteiger partial charge in [-0.3, -0.25) is 9.59 Å². The molecular formula is C24H20ClNO4. The molecule has 1 aromatic heterocycles. The first-order valence-electron chi connectivity index (χ1n) is 9.67. The third kappa shape index (κ3) is 3.89. The molecule has 0 fully saturated rings. The highest BCUT2D eigenvalue weighted by molar-refractivity contribution is 6.32. The predicted molar refractivity (Wildman–Crippen MR) is 120 cm³/mol. The molecule has 1 heterocycles. The van der Waals surface area contributed by atoms with Crippen molar-refractivity contribution in [3.05, 3.63) is 81.0 Å². The Morgan fingerprint density at radius 2 is 1.77 bits per heavy atom. The monoisotopic (exact) mass is 421 g/mol. The maximum absolute atomic E-state index is 12.8. The van der Waals surface area contributed by atoms with E-state index in [1.807, 2.05) is 13.8 Å². The van der Waals surface area contributed by atoms with Crippen LogP contribution in [0.25, 0.3) is 21.9 Å². The minimum atomic E-state index is -0.262. The molecule has 0 aliphatic carbocycles. The third-order valence-electron chi connectivity index (χ3n) is 4.80. The molecule has 0 bridgehead atoms. The van der Waals surface area contributed by atoms with E-state index in [2.05, 4.69) is 5.32 Å². The Labute approximate surface area is 178 Å². The van der Waals surface area contributed by atoms with Crippen molar-refractivity contribution in [2.45, 2.75) is 20.3 Å². The summed E-state index contributed by atoms with van der Waals surface area (Å²) in [7, 11) is 0. The molecule has 5 nitrogen and oxygen atoms in total. The van der Waals surface area contributed by atoms with Crippen molar-refractivity contribution in [1.82, 2.24) is 0 Å². The lowest BCUT2D eigenvalue weighted by atomic mass is 10.1. The van der Waals surface area contributed by atoms with Gasteiger partial charge in [-0.1, -0.05) is 18.5 Å². The molecule has 0 atom stereocenters. The number of rotatable bonds is 5. The predicted octanol–water partition coefficient (Wildman–Crippen LogP) is 5.95. The minimum Gasteiger partial charge on any atom is -0.494 e. The van der Waals surface area contributed by atoms with E-state index >= 15 is 0 Å². The van der Waals surface area contributed by atoms with E-state index < -0.39 is 0 Å². The number of hydrogen-bond donors (Lipinski definition) is 1. The Morgan fingerprint density at radius 3 is 2.50 bits per heavy atom. The summed E-state index contributed by atoms with van der Waals surface area (Å²) in [6.07, 6.45) is 0.919. The molecule has 0 aliphatic heterocycles. The Hall–Kier alpha value is -3.31. The molecule has 1 amide bonds. The van der Waals surface area contributed by atoms with Gasteiger partial charge in [-0.15, -0.1) is 0 Å². The molecule has 30 heavy (non-hydrogen) atoms. The first-order valence-corrected chi connectivity index (χ1v) is 10.0. The fourth-order valence-electron chi connectivity index (χ4n) is 3.18. The van der Waals surface area contributed by atoms with Crippen molar-refractivity contribution in [3.63, 3.8) is 0 Å². The number of carbonyl (C=O) groups is 1. The van der Waals surface area contributed by atoms with Crippen molar-refractivity contribution in [2.75, 3.05) is 11.9 Å². The summed E-state index contributed by atoms with van der Waals surface area (Å²) in [5.41, 5.74) is 2.56. The van der Waals surface area contributed by atoms with E-state index in [4.69, 9.17) is 20.8 Å². The Morgan fingerprint density at radius 1 is 1.03 bits per heavy atom. The van der Waals surface area contributed by atoms with Crippen LogP contribution in [-0.2, 0) is 0 Å². The summed E-state index contributed by atoms with van der Waals surface area (Å²) in [4.78, 5) is 25.4. The number of nitrogens with one attached hydrogen (secondary N) is 1. The Bertz CT molecular complexity index is 1310. The van der Waals surface area contributed by atoms with Crippen LogP contribution < -0.4 is 15.5 Å². The number of benzene rings is 3. The molecule has 0 spiro atoms. The zero-order chi connectivity index (χ0) is 21.3. The molecular weight excluding hydrogens is 402 g/mol. The number of carbonyl (C=O) groups excluding carboxylic acids is 1. The van der Waals surface area contributed by atoms with Gasteiger partial charge in [0.2, 0.25) is 5.43 Å². The van der Waals surface area contributed by atoms with Crippen LogP contribution in [0.2, 0.25) is 5.02 Å². The van der Waals surface area contributed by atoms with Gasteiger partial charge in [-0.2, -0.15) is 0 Å². The molecule has 4 aromatic rings. The van der Waals surface area contributed by atoms with Crippen LogP contribution in [0, 0.1) is 6.92 Å². The van der Waals surface area contributed by atoms with Crippen LogP contribution in [0.15, 0.2) is 63.8 Å². The SMILES string of the molecule is CCCOc1ccc(C(=O)Nc2ccc3c(=O)c4cc(Cl)c(C)cc4oc3c2)cc1. The van der Waals surface area contributed by atoms with E-state index in [-0.39, 0.29) is 11.3 Å². The molecule has 6 heteroatoms. The normalized spacial score (nSPS) is 11.0. The maximum atomic E-state index is 12.8. The van der Waals surface area contributed by atoms with Gasteiger partial charge in [0, 0.05) is 22.3 Å². The summed E-state index contributed by atoms with van der Waals surface area (Å²) in [6.45, 7) is 4.52. The zero-order valence-electron chi connectivity index (χ0n) is 16.6. The fourth-order valence-corrected chi connectivity index (χ4v) is 3.34. The van der Waals surface area contributed by atoms with Gasteiger partial charge in [0.25, 0.3) is 5.91 Å². The van der Waals surface area contributed by atoms with Crippen molar-refractivity contribution in [3.8, 4) is 5.75 Å². The number of halogens is 1. The average Bonchev–Trinajstić information content (AvgIpc) is 2.74. The maximum Gasteiger partial charge on any atom is 0.255 e. The van der Waals surface area contributed by atoms with E-state index in [1.54, 1.807) is 54.6 Å². The number of ether oxygens (including phenoxy) is 1. The van der Waals surface area contributed by atoms with E-state index in [0.29, 0.717) is 44.8 Å². The summed E-state index contributed by atoms with van der Waals surface area (Å²) in [5.74, 6) is 0.463. The quantitative estimate of drug-likeness (QED) is 0.404. The van der Waals surface area contributed by atoms with Crippen LogP contribution in [0.4, 0.5) is 5.69 Å². The highest BCUT2D eigenvalue weighted by atomic mass is 35.5. The number of anilines is 1. The molecule has 152 valence electrons. The van der Waals surface area contributed by atoms with Gasteiger partial charge in [0.1, 0.15) is 16.9 Å². The first-order chi connectivity index (χ1) is 14.5. The first kappa shape index (κ1) is 20.0. The van der Waals surface area contributed by atoms with Crippen LogP contribution in [0.5, 0.6) is 5.75 Å². The zero-order valence-corrected chi connectivity index (χ0v) is 17.4. The van der Waals surface area contributed by atoms with Crippen molar-refractivity contribution >= 4 is 45.1 Å². The molecule has 1 N–H and O–H groups in total. The summed E-state index contributed by atoms with van der Waals surface area (Å²) >= 11 is 6.15. The summed E-state index contributed by atoms with van der Waals surface area (Å²) in [6, 6.07) is 15.3. The van der Waals surface area contributed by atoms with Gasteiger partial charge in [0.05, 0.1) is 17.4 Å². The van der Waals surface area contributed by atoms with Crippen LogP contribution in [-0.4, -0.2) is 12.5 Å². The fraction of sp³-hybridized carbons (Fsp3) is 0.167. The largest absolute Gasteiger partial charge is 0.494 e. The number of amides is 1. The molecule has 0 saturated heterocycles. The number of aryl methyl sites for hydroxylation is 1. The highest BCUT2D eigenvalue weighted by Crippen LogP contribution is 2.26. The average molecular weight is 422 g/mol. The lowest BCUT2D eigenvalue weighted by Gasteiger charge is -2.09. The van der Waals surface area contributed by atoms with Gasteiger partial charge in [-0.25, -0.2) is 0 Å². The molecule has 0 unspecified atom stereocenters. The Balaban J connectivity index is 1.63. The molecule has 4 rings (SSSR count). The minimum absolute atomic E-state index is 0.159. The Kier molecular flexibility index (Phi) is 5.46. The smallest absolute Gasteiger partial charge is 0.255 e. The highest BCUT2D eigenvalue weighted by Gasteiger charge is 2.12. The molecule has 0 aliphatic rings. The van der Waals surface area contributed by atoms with Crippen LogP contribution in [0.1, 0.15) is 29.3 Å².